The molecule has 158 valence electrons. The van der Waals surface area contributed by atoms with Crippen LogP contribution in [0, 0.1) is 11.8 Å². The molecular weight excluding hydrogens is 397 g/mol. The summed E-state index contributed by atoms with van der Waals surface area (Å²) in [4.78, 5) is 11.8. The third-order valence-electron chi connectivity index (χ3n) is 4.73. The number of halogens is 3. The molecule has 6 nitrogen and oxygen atoms in total. The van der Waals surface area contributed by atoms with Gasteiger partial charge in [0.1, 0.15) is 0 Å². The van der Waals surface area contributed by atoms with Crippen molar-refractivity contribution in [2.75, 3.05) is 18.4 Å². The molecule has 0 saturated carbocycles. The summed E-state index contributed by atoms with van der Waals surface area (Å²) in [6.07, 6.45) is -5.15. The number of nitrogens with one attached hydrogen (secondary N) is 1. The van der Waals surface area contributed by atoms with E-state index in [1.54, 1.807) is 0 Å². The van der Waals surface area contributed by atoms with Crippen LogP contribution < -0.4 is 5.32 Å². The van der Waals surface area contributed by atoms with Crippen LogP contribution in [-0.2, 0) is 14.8 Å². The van der Waals surface area contributed by atoms with Crippen molar-refractivity contribution in [3.8, 4) is 0 Å². The van der Waals surface area contributed by atoms with Gasteiger partial charge in [0.05, 0.1) is 11.3 Å². The van der Waals surface area contributed by atoms with Gasteiger partial charge in [0.15, 0.2) is 5.60 Å². The van der Waals surface area contributed by atoms with E-state index < -0.39 is 34.1 Å². The minimum absolute atomic E-state index is 0.0501. The van der Waals surface area contributed by atoms with Gasteiger partial charge < -0.3 is 10.4 Å². The molecular formula is C18H25F3N2O4S. The first kappa shape index (κ1) is 22.6. The number of anilines is 1. The summed E-state index contributed by atoms with van der Waals surface area (Å²) in [6.45, 7) is 5.36. The standard InChI is InChI=1S/C18H25F3N2O4S/c1-12-8-13(2)11-23(10-12)28(26,27)15-6-4-14(5-7-15)22-16(24)9-17(3,25)18(19,20)21/h4-7,12-13,25H,8-11H2,1-3H3,(H,22,24)/t12-,13-,17+/m1/s1. The molecule has 2 N–H and O–H groups in total. The quantitative estimate of drug-likeness (QED) is 0.764. The molecule has 1 aliphatic heterocycles. The van der Waals surface area contributed by atoms with E-state index in [4.69, 9.17) is 0 Å². The molecule has 1 aromatic rings. The fourth-order valence-corrected chi connectivity index (χ4v) is 4.96. The van der Waals surface area contributed by atoms with Crippen molar-refractivity contribution >= 4 is 21.6 Å². The zero-order valence-electron chi connectivity index (χ0n) is 16.0. The van der Waals surface area contributed by atoms with Gasteiger partial charge in [-0.3, -0.25) is 4.79 Å². The summed E-state index contributed by atoms with van der Waals surface area (Å²) in [5.74, 6) is -0.534. The topological polar surface area (TPSA) is 86.7 Å². The Hall–Kier alpha value is -1.65. The molecule has 0 radical (unpaired) electrons. The number of benzene rings is 1. The molecule has 1 heterocycles. The van der Waals surface area contributed by atoms with Crippen LogP contribution in [0.25, 0.3) is 0 Å². The summed E-state index contributed by atoms with van der Waals surface area (Å²) >= 11 is 0. The predicted octanol–water partition coefficient (Wildman–Crippen LogP) is 3.00. The fraction of sp³-hybridized carbons (Fsp3) is 0.611. The first-order valence-electron chi connectivity index (χ1n) is 8.91. The highest BCUT2D eigenvalue weighted by Crippen LogP contribution is 2.33. The second kappa shape index (κ2) is 8.00. The lowest BCUT2D eigenvalue weighted by Crippen LogP contribution is -2.44. The maximum Gasteiger partial charge on any atom is 0.417 e. The Bertz CT molecular complexity index is 797. The van der Waals surface area contributed by atoms with E-state index in [9.17, 15) is 31.5 Å². The average molecular weight is 422 g/mol. The zero-order chi connectivity index (χ0) is 21.3. The van der Waals surface area contributed by atoms with Crippen molar-refractivity contribution in [3.63, 3.8) is 0 Å². The number of hydrogen-bond acceptors (Lipinski definition) is 4. The number of piperidine rings is 1. The van der Waals surface area contributed by atoms with Crippen LogP contribution in [0.3, 0.4) is 0 Å². The molecule has 0 aliphatic carbocycles. The van der Waals surface area contributed by atoms with Crippen LogP contribution in [-0.4, -0.2) is 48.6 Å². The molecule has 0 unspecified atom stereocenters. The Morgan fingerprint density at radius 3 is 2.14 bits per heavy atom. The third kappa shape index (κ3) is 5.24. The first-order valence-corrected chi connectivity index (χ1v) is 10.4. The van der Waals surface area contributed by atoms with Crippen LogP contribution in [0.15, 0.2) is 29.2 Å². The summed E-state index contributed by atoms with van der Waals surface area (Å²) in [5.41, 5.74) is -3.01. The van der Waals surface area contributed by atoms with Crippen LogP contribution >= 0.6 is 0 Å². The molecule has 0 aromatic heterocycles. The summed E-state index contributed by atoms with van der Waals surface area (Å²) in [7, 11) is -3.69. The minimum atomic E-state index is -4.94. The van der Waals surface area contributed by atoms with Crippen molar-refractivity contribution in [1.82, 2.24) is 4.31 Å². The molecule has 1 aromatic carbocycles. The molecule has 0 bridgehead atoms. The maximum atomic E-state index is 12.8. The number of sulfonamides is 1. The largest absolute Gasteiger partial charge is 0.417 e. The van der Waals surface area contributed by atoms with Gasteiger partial charge in [0.25, 0.3) is 0 Å². The number of carbonyl (C=O) groups excluding carboxylic acids is 1. The number of alkyl halides is 3. The van der Waals surface area contributed by atoms with E-state index in [-0.39, 0.29) is 22.4 Å². The summed E-state index contributed by atoms with van der Waals surface area (Å²) in [5, 5.41) is 11.6. The Balaban J connectivity index is 2.08. The van der Waals surface area contributed by atoms with Gasteiger partial charge in [-0.25, -0.2) is 8.42 Å². The third-order valence-corrected chi connectivity index (χ3v) is 6.57. The number of rotatable bonds is 5. The van der Waals surface area contributed by atoms with E-state index in [2.05, 4.69) is 5.32 Å². The highest BCUT2D eigenvalue weighted by molar-refractivity contribution is 7.89. The van der Waals surface area contributed by atoms with Gasteiger partial charge in [0.2, 0.25) is 15.9 Å². The summed E-state index contributed by atoms with van der Waals surface area (Å²) in [6, 6.07) is 5.22. The molecule has 1 amide bonds. The Labute approximate surface area is 162 Å². The second-order valence-corrected chi connectivity index (χ2v) is 9.73. The fourth-order valence-electron chi connectivity index (χ4n) is 3.28. The summed E-state index contributed by atoms with van der Waals surface area (Å²) < 4.78 is 65.0. The molecule has 28 heavy (non-hydrogen) atoms. The molecule has 2 rings (SSSR count). The number of aliphatic hydroxyl groups is 1. The van der Waals surface area contributed by atoms with E-state index in [1.807, 2.05) is 13.8 Å². The molecule has 10 heteroatoms. The number of carbonyl (C=O) groups is 1. The van der Waals surface area contributed by atoms with Gasteiger partial charge in [-0.05, 0) is 49.4 Å². The maximum absolute atomic E-state index is 12.8. The number of nitrogens with zero attached hydrogens (tertiary/aromatic N) is 1. The van der Waals surface area contributed by atoms with Crippen molar-refractivity contribution < 1.29 is 31.5 Å². The van der Waals surface area contributed by atoms with Gasteiger partial charge in [-0.15, -0.1) is 0 Å². The van der Waals surface area contributed by atoms with Crippen LogP contribution in [0.2, 0.25) is 0 Å². The van der Waals surface area contributed by atoms with E-state index >= 15 is 0 Å². The van der Waals surface area contributed by atoms with Crippen LogP contribution in [0.1, 0.15) is 33.6 Å². The van der Waals surface area contributed by atoms with Crippen molar-refractivity contribution in [2.24, 2.45) is 11.8 Å². The molecule has 1 fully saturated rings. The smallest absolute Gasteiger partial charge is 0.380 e. The van der Waals surface area contributed by atoms with Crippen LogP contribution in [0.5, 0.6) is 0 Å². The average Bonchev–Trinajstić information content (AvgIpc) is 2.52. The SMILES string of the molecule is C[C@@H]1C[C@@H](C)CN(S(=O)(=O)c2ccc(NC(=O)C[C@](C)(O)C(F)(F)F)cc2)C1. The highest BCUT2D eigenvalue weighted by atomic mass is 32.2. The lowest BCUT2D eigenvalue weighted by Gasteiger charge is -2.34. The molecule has 3 atom stereocenters. The van der Waals surface area contributed by atoms with Gasteiger partial charge >= 0.3 is 6.18 Å². The second-order valence-electron chi connectivity index (χ2n) is 7.79. The molecule has 0 spiro atoms. The van der Waals surface area contributed by atoms with Crippen molar-refractivity contribution in [3.05, 3.63) is 24.3 Å². The number of amides is 1. The Morgan fingerprint density at radius 1 is 1.18 bits per heavy atom. The zero-order valence-corrected chi connectivity index (χ0v) is 16.8. The minimum Gasteiger partial charge on any atom is -0.380 e. The molecule has 1 aliphatic rings. The predicted molar refractivity (Wildman–Crippen MR) is 98.1 cm³/mol. The monoisotopic (exact) mass is 422 g/mol. The molecule has 1 saturated heterocycles. The van der Waals surface area contributed by atoms with Crippen LogP contribution in [0.4, 0.5) is 18.9 Å². The van der Waals surface area contributed by atoms with Crippen molar-refractivity contribution in [2.45, 2.75) is 50.3 Å². The Morgan fingerprint density at radius 2 is 1.68 bits per heavy atom. The van der Waals surface area contributed by atoms with Crippen molar-refractivity contribution in [1.29, 1.82) is 0 Å². The highest BCUT2D eigenvalue weighted by Gasteiger charge is 2.51. The Kier molecular flexibility index (Phi) is 6.47. The van der Waals surface area contributed by atoms with Gasteiger partial charge in [-0.1, -0.05) is 13.8 Å². The normalized spacial score (nSPS) is 23.8. The number of hydrogen-bond donors (Lipinski definition) is 2. The van der Waals surface area contributed by atoms with E-state index in [1.165, 1.54) is 28.6 Å². The van der Waals surface area contributed by atoms with Gasteiger partial charge in [-0.2, -0.15) is 17.5 Å². The first-order chi connectivity index (χ1) is 12.7. The van der Waals surface area contributed by atoms with Gasteiger partial charge in [0, 0.05) is 18.8 Å². The van der Waals surface area contributed by atoms with E-state index in [0.717, 1.165) is 6.42 Å². The lowest BCUT2D eigenvalue weighted by molar-refractivity contribution is -0.252. The van der Waals surface area contributed by atoms with E-state index in [0.29, 0.717) is 20.0 Å². The lowest BCUT2D eigenvalue weighted by atomic mass is 9.94.